The van der Waals surface area contributed by atoms with Crippen LogP contribution in [0.4, 0.5) is 4.79 Å². The number of aliphatic hydroxyl groups is 1. The van der Waals surface area contributed by atoms with Crippen molar-refractivity contribution in [1.29, 1.82) is 0 Å². The van der Waals surface area contributed by atoms with Crippen LogP contribution in [-0.4, -0.2) is 22.8 Å². The summed E-state index contributed by atoms with van der Waals surface area (Å²) in [6.45, 7) is 9.65. The molecule has 0 saturated carbocycles. The lowest BCUT2D eigenvalue weighted by Crippen LogP contribution is -2.43. The highest BCUT2D eigenvalue weighted by Crippen LogP contribution is 2.26. The average molecular weight is 349 g/mol. The van der Waals surface area contributed by atoms with Crippen LogP contribution in [0.15, 0.2) is 15.0 Å². The summed E-state index contributed by atoms with van der Waals surface area (Å²) in [4.78, 5) is 12.1. The molecule has 2 aromatic rings. The molecule has 0 saturated heterocycles. The lowest BCUT2D eigenvalue weighted by Gasteiger charge is -2.23. The van der Waals surface area contributed by atoms with Crippen molar-refractivity contribution in [1.82, 2.24) is 15.8 Å². The van der Waals surface area contributed by atoms with Crippen molar-refractivity contribution >= 4 is 6.03 Å². The summed E-state index contributed by atoms with van der Waals surface area (Å²) in [5, 5.41) is 20.1. The van der Waals surface area contributed by atoms with E-state index in [1.807, 2.05) is 20.8 Å². The highest BCUT2D eigenvalue weighted by molar-refractivity contribution is 5.74. The highest BCUT2D eigenvalue weighted by Gasteiger charge is 2.28. The van der Waals surface area contributed by atoms with Gasteiger partial charge in [-0.05, 0) is 33.3 Å². The van der Waals surface area contributed by atoms with E-state index in [0.29, 0.717) is 17.9 Å². The number of aromatic nitrogens is 1. The third-order valence-electron chi connectivity index (χ3n) is 4.25. The highest BCUT2D eigenvalue weighted by atomic mass is 16.5. The van der Waals surface area contributed by atoms with Gasteiger partial charge in [-0.3, -0.25) is 0 Å². The molecule has 25 heavy (non-hydrogen) atoms. The standard InChI is InChI=1S/C18H27N3O4/c1-6-15-13(16(7-2)25-21-15)9-19-17(22)20-10-18(5,23)14-8-11(3)24-12(14)4/h8,23H,6-7,9-10H2,1-5H3,(H2,19,20,22). The second kappa shape index (κ2) is 7.74. The first-order valence-electron chi connectivity index (χ1n) is 8.56. The van der Waals surface area contributed by atoms with Crippen LogP contribution in [0.25, 0.3) is 0 Å². The van der Waals surface area contributed by atoms with Crippen LogP contribution in [0.3, 0.4) is 0 Å². The Kier molecular flexibility index (Phi) is 5.89. The fourth-order valence-electron chi connectivity index (χ4n) is 2.88. The molecule has 7 nitrogen and oxygen atoms in total. The number of nitrogens with one attached hydrogen (secondary N) is 2. The third-order valence-corrected chi connectivity index (χ3v) is 4.25. The van der Waals surface area contributed by atoms with Crippen molar-refractivity contribution in [3.63, 3.8) is 0 Å². The smallest absolute Gasteiger partial charge is 0.315 e. The minimum absolute atomic E-state index is 0.0730. The van der Waals surface area contributed by atoms with Crippen molar-refractivity contribution in [2.75, 3.05) is 6.54 Å². The number of rotatable bonds is 7. The Morgan fingerprint density at radius 2 is 2.00 bits per heavy atom. The molecule has 0 aromatic carbocycles. The zero-order valence-corrected chi connectivity index (χ0v) is 15.5. The van der Waals surface area contributed by atoms with Gasteiger partial charge in [-0.15, -0.1) is 0 Å². The summed E-state index contributed by atoms with van der Waals surface area (Å²) in [7, 11) is 0. The van der Waals surface area contributed by atoms with Gasteiger partial charge in [0.2, 0.25) is 0 Å². The van der Waals surface area contributed by atoms with E-state index in [2.05, 4.69) is 15.8 Å². The van der Waals surface area contributed by atoms with Gasteiger partial charge >= 0.3 is 6.03 Å². The fourth-order valence-corrected chi connectivity index (χ4v) is 2.88. The Balaban J connectivity index is 1.93. The predicted octanol–water partition coefficient (Wildman–Crippen LogP) is 2.72. The summed E-state index contributed by atoms with van der Waals surface area (Å²) in [6.07, 6.45) is 1.47. The molecule has 1 unspecified atom stereocenters. The van der Waals surface area contributed by atoms with E-state index in [0.717, 1.165) is 35.6 Å². The topological polar surface area (TPSA) is 101 Å². The number of hydrogen-bond acceptors (Lipinski definition) is 5. The van der Waals surface area contributed by atoms with Crippen LogP contribution < -0.4 is 10.6 Å². The van der Waals surface area contributed by atoms with Gasteiger partial charge in [0.1, 0.15) is 22.9 Å². The molecule has 2 rings (SSSR count). The van der Waals surface area contributed by atoms with Crippen LogP contribution in [0.5, 0.6) is 0 Å². The molecule has 3 N–H and O–H groups in total. The molecule has 0 fully saturated rings. The van der Waals surface area contributed by atoms with Gasteiger partial charge in [0.15, 0.2) is 0 Å². The molecule has 2 aromatic heterocycles. The maximum atomic E-state index is 12.1. The number of carbonyl (C=O) groups excluding carboxylic acids is 1. The maximum Gasteiger partial charge on any atom is 0.315 e. The molecule has 2 amide bonds. The minimum Gasteiger partial charge on any atom is -0.466 e. The van der Waals surface area contributed by atoms with Gasteiger partial charge in [-0.25, -0.2) is 4.79 Å². The van der Waals surface area contributed by atoms with Crippen LogP contribution in [0.1, 0.15) is 54.9 Å². The van der Waals surface area contributed by atoms with Crippen molar-refractivity contribution in [2.24, 2.45) is 0 Å². The molecule has 0 bridgehead atoms. The quantitative estimate of drug-likeness (QED) is 0.713. The summed E-state index contributed by atoms with van der Waals surface area (Å²) in [5.74, 6) is 2.16. The Labute approximate surface area is 147 Å². The SMILES string of the molecule is CCc1noc(CC)c1CNC(=O)NCC(C)(O)c1cc(C)oc1C. The van der Waals surface area contributed by atoms with Crippen molar-refractivity contribution < 1.29 is 18.8 Å². The van der Waals surface area contributed by atoms with Gasteiger partial charge in [0.25, 0.3) is 0 Å². The molecule has 7 heteroatoms. The Morgan fingerprint density at radius 3 is 2.56 bits per heavy atom. The first-order valence-corrected chi connectivity index (χ1v) is 8.56. The van der Waals surface area contributed by atoms with Crippen LogP contribution in [-0.2, 0) is 25.0 Å². The number of urea groups is 1. The molecule has 2 heterocycles. The zero-order chi connectivity index (χ0) is 18.6. The lowest BCUT2D eigenvalue weighted by molar-refractivity contribution is 0.0579. The Bertz CT molecular complexity index is 709. The second-order valence-corrected chi connectivity index (χ2v) is 6.38. The fraction of sp³-hybridized carbons (Fsp3) is 0.556. The van der Waals surface area contributed by atoms with E-state index >= 15 is 0 Å². The number of hydrogen-bond donors (Lipinski definition) is 3. The lowest BCUT2D eigenvalue weighted by atomic mass is 9.96. The number of amides is 2. The summed E-state index contributed by atoms with van der Waals surface area (Å²) >= 11 is 0. The van der Waals surface area contributed by atoms with Crippen molar-refractivity contribution in [2.45, 2.75) is 59.6 Å². The second-order valence-electron chi connectivity index (χ2n) is 6.38. The number of furan rings is 1. The van der Waals surface area contributed by atoms with Gasteiger partial charge < -0.3 is 24.7 Å². The number of nitrogens with zero attached hydrogens (tertiary/aromatic N) is 1. The molecule has 138 valence electrons. The van der Waals surface area contributed by atoms with E-state index < -0.39 is 5.60 Å². The van der Waals surface area contributed by atoms with E-state index in [1.54, 1.807) is 19.9 Å². The monoisotopic (exact) mass is 349 g/mol. The molecule has 0 spiro atoms. The summed E-state index contributed by atoms with van der Waals surface area (Å²) in [5.41, 5.74) is 1.24. The van der Waals surface area contributed by atoms with E-state index in [-0.39, 0.29) is 12.6 Å². The average Bonchev–Trinajstić information content (AvgIpc) is 3.13. The normalized spacial score (nSPS) is 13.5. The summed E-state index contributed by atoms with van der Waals surface area (Å²) in [6, 6.07) is 1.43. The minimum atomic E-state index is -1.21. The van der Waals surface area contributed by atoms with Crippen LogP contribution in [0.2, 0.25) is 0 Å². The zero-order valence-electron chi connectivity index (χ0n) is 15.5. The first-order chi connectivity index (χ1) is 11.8. The molecule has 0 aliphatic carbocycles. The maximum absolute atomic E-state index is 12.1. The molecule has 0 radical (unpaired) electrons. The van der Waals surface area contributed by atoms with Gasteiger partial charge in [0.05, 0.1) is 12.2 Å². The van der Waals surface area contributed by atoms with Gasteiger partial charge in [-0.1, -0.05) is 19.0 Å². The van der Waals surface area contributed by atoms with Gasteiger partial charge in [0, 0.05) is 24.1 Å². The molecular weight excluding hydrogens is 322 g/mol. The van der Waals surface area contributed by atoms with E-state index in [1.165, 1.54) is 0 Å². The van der Waals surface area contributed by atoms with Crippen LogP contribution >= 0.6 is 0 Å². The Hall–Kier alpha value is -2.28. The largest absolute Gasteiger partial charge is 0.466 e. The predicted molar refractivity (Wildman–Crippen MR) is 93.3 cm³/mol. The number of carbonyl (C=O) groups is 1. The van der Waals surface area contributed by atoms with Crippen molar-refractivity contribution in [3.05, 3.63) is 40.2 Å². The molecular formula is C18H27N3O4. The number of aryl methyl sites for hydroxylation is 4. The molecule has 0 aliphatic rings. The summed E-state index contributed by atoms with van der Waals surface area (Å²) < 4.78 is 10.7. The Morgan fingerprint density at radius 1 is 1.28 bits per heavy atom. The first kappa shape index (κ1) is 19.1. The van der Waals surface area contributed by atoms with E-state index in [9.17, 15) is 9.90 Å². The van der Waals surface area contributed by atoms with Crippen molar-refractivity contribution in [3.8, 4) is 0 Å². The molecule has 1 atom stereocenters. The van der Waals surface area contributed by atoms with Gasteiger partial charge in [-0.2, -0.15) is 0 Å². The van der Waals surface area contributed by atoms with E-state index in [4.69, 9.17) is 8.94 Å². The third kappa shape index (κ3) is 4.42. The molecule has 0 aliphatic heterocycles. The van der Waals surface area contributed by atoms with Crippen LogP contribution in [0, 0.1) is 13.8 Å².